The minimum absolute atomic E-state index is 0.0488. The van der Waals surface area contributed by atoms with E-state index in [1.54, 1.807) is 54.6 Å². The van der Waals surface area contributed by atoms with Crippen LogP contribution in [0.5, 0.6) is 17.2 Å². The number of ether oxygens (including phenoxy) is 3. The van der Waals surface area contributed by atoms with Gasteiger partial charge in [0.05, 0.1) is 37.1 Å². The Bertz CT molecular complexity index is 1340. The number of anilines is 1. The maximum Gasteiger partial charge on any atom is 0.264 e. The van der Waals surface area contributed by atoms with Crippen molar-refractivity contribution in [2.24, 2.45) is 5.10 Å². The molecule has 0 aromatic heterocycles. The highest BCUT2D eigenvalue weighted by Crippen LogP contribution is 2.33. The Morgan fingerprint density at radius 3 is 2.30 bits per heavy atom. The molecule has 0 aliphatic carbocycles. The number of nitrogens with zero attached hydrogens (tertiary/aromatic N) is 2. The van der Waals surface area contributed by atoms with Crippen molar-refractivity contribution in [1.82, 2.24) is 5.43 Å². The smallest absolute Gasteiger partial charge is 0.264 e. The Hall–Kier alpha value is -4.05. The number of benzene rings is 3. The minimum Gasteiger partial charge on any atom is -0.495 e. The van der Waals surface area contributed by atoms with Gasteiger partial charge in [0.15, 0.2) is 11.5 Å². The molecular formula is C27H31N3O6S. The number of amides is 1. The van der Waals surface area contributed by atoms with Gasteiger partial charge in [-0.25, -0.2) is 13.8 Å². The first-order chi connectivity index (χ1) is 17.8. The van der Waals surface area contributed by atoms with Crippen LogP contribution in [0.4, 0.5) is 5.69 Å². The fourth-order valence-corrected chi connectivity index (χ4v) is 4.95. The molecule has 0 aliphatic heterocycles. The molecule has 0 saturated heterocycles. The van der Waals surface area contributed by atoms with E-state index in [0.29, 0.717) is 36.0 Å². The molecule has 0 fully saturated rings. The van der Waals surface area contributed by atoms with Crippen molar-refractivity contribution in [2.45, 2.75) is 25.7 Å². The Labute approximate surface area is 217 Å². The number of hydrazone groups is 1. The lowest BCUT2D eigenvalue weighted by Gasteiger charge is -2.25. The van der Waals surface area contributed by atoms with Crippen molar-refractivity contribution in [2.75, 3.05) is 31.2 Å². The van der Waals surface area contributed by atoms with E-state index in [-0.39, 0.29) is 10.6 Å². The molecule has 0 heterocycles. The lowest BCUT2D eigenvalue weighted by molar-refractivity contribution is -0.119. The molecule has 9 nitrogen and oxygen atoms in total. The number of carbonyl (C=O) groups is 1. The standard InChI is InChI=1S/C27H31N3O6S/c1-5-35-25-15-13-21(17-26(25)36-6-2)18-28-29-27(31)19-30(23-16-20(3)12-14-24(23)34-4)37(32,33)22-10-8-7-9-11-22/h7-18H,5-6,19H2,1-4H3,(H,29,31)/b28-18-. The summed E-state index contributed by atoms with van der Waals surface area (Å²) < 4.78 is 44.7. The van der Waals surface area contributed by atoms with Crippen molar-refractivity contribution < 1.29 is 27.4 Å². The van der Waals surface area contributed by atoms with Gasteiger partial charge in [-0.05, 0) is 74.4 Å². The summed E-state index contributed by atoms with van der Waals surface area (Å²) in [6, 6.07) is 18.3. The van der Waals surface area contributed by atoms with Crippen LogP contribution in [0.2, 0.25) is 0 Å². The number of hydrogen-bond donors (Lipinski definition) is 1. The summed E-state index contributed by atoms with van der Waals surface area (Å²) in [5.74, 6) is 0.861. The van der Waals surface area contributed by atoms with Crippen molar-refractivity contribution in [1.29, 1.82) is 0 Å². The van der Waals surface area contributed by atoms with Gasteiger partial charge < -0.3 is 14.2 Å². The fourth-order valence-electron chi connectivity index (χ4n) is 3.51. The molecule has 0 unspecified atom stereocenters. The Morgan fingerprint density at radius 2 is 1.62 bits per heavy atom. The predicted octanol–water partition coefficient (Wildman–Crippen LogP) is 4.15. The lowest BCUT2D eigenvalue weighted by atomic mass is 10.2. The van der Waals surface area contributed by atoms with Crippen LogP contribution in [-0.4, -0.2) is 47.4 Å². The van der Waals surface area contributed by atoms with E-state index < -0.39 is 22.5 Å². The average molecular weight is 526 g/mol. The van der Waals surface area contributed by atoms with Gasteiger partial charge in [-0.2, -0.15) is 5.10 Å². The van der Waals surface area contributed by atoms with Crippen LogP contribution in [0.25, 0.3) is 0 Å². The van der Waals surface area contributed by atoms with E-state index in [4.69, 9.17) is 14.2 Å². The van der Waals surface area contributed by atoms with Crippen LogP contribution >= 0.6 is 0 Å². The van der Waals surface area contributed by atoms with Crippen LogP contribution in [0, 0.1) is 6.92 Å². The molecule has 0 saturated carbocycles. The van der Waals surface area contributed by atoms with Crippen molar-refractivity contribution in [3.63, 3.8) is 0 Å². The highest BCUT2D eigenvalue weighted by atomic mass is 32.2. The molecule has 10 heteroatoms. The van der Waals surface area contributed by atoms with Crippen molar-refractivity contribution in [3.05, 3.63) is 77.9 Å². The van der Waals surface area contributed by atoms with Crippen molar-refractivity contribution >= 4 is 27.8 Å². The topological polar surface area (TPSA) is 107 Å². The summed E-state index contributed by atoms with van der Waals surface area (Å²) in [5.41, 5.74) is 4.13. The molecule has 3 aromatic carbocycles. The number of methoxy groups -OCH3 is 1. The number of nitrogens with one attached hydrogen (secondary N) is 1. The average Bonchev–Trinajstić information content (AvgIpc) is 2.89. The SMILES string of the molecule is CCOc1ccc(/C=N\NC(=O)CN(c2cc(C)ccc2OC)S(=O)(=O)c2ccccc2)cc1OCC. The third-order valence-electron chi connectivity index (χ3n) is 5.19. The molecule has 196 valence electrons. The largest absolute Gasteiger partial charge is 0.495 e. The van der Waals surface area contributed by atoms with E-state index in [1.165, 1.54) is 25.5 Å². The van der Waals surface area contributed by atoms with E-state index in [9.17, 15) is 13.2 Å². The van der Waals surface area contributed by atoms with E-state index in [2.05, 4.69) is 10.5 Å². The molecule has 0 aliphatic rings. The fraction of sp³-hybridized carbons (Fsp3) is 0.259. The molecule has 3 rings (SSSR count). The second-order valence-corrected chi connectivity index (χ2v) is 9.73. The van der Waals surface area contributed by atoms with Gasteiger partial charge in [0.25, 0.3) is 15.9 Å². The Kier molecular flexibility index (Phi) is 9.51. The Balaban J connectivity index is 1.85. The first-order valence-electron chi connectivity index (χ1n) is 11.7. The number of hydrogen-bond acceptors (Lipinski definition) is 7. The van der Waals surface area contributed by atoms with Gasteiger partial charge in [-0.15, -0.1) is 0 Å². The van der Waals surface area contributed by atoms with Crippen LogP contribution in [-0.2, 0) is 14.8 Å². The van der Waals surface area contributed by atoms with Crippen LogP contribution in [0.3, 0.4) is 0 Å². The van der Waals surface area contributed by atoms with Crippen LogP contribution < -0.4 is 23.9 Å². The molecular weight excluding hydrogens is 494 g/mol. The number of sulfonamides is 1. The highest BCUT2D eigenvalue weighted by Gasteiger charge is 2.29. The molecule has 0 atom stereocenters. The predicted molar refractivity (Wildman–Crippen MR) is 143 cm³/mol. The van der Waals surface area contributed by atoms with E-state index in [1.807, 2.05) is 20.8 Å². The van der Waals surface area contributed by atoms with Gasteiger partial charge >= 0.3 is 0 Å². The van der Waals surface area contributed by atoms with Gasteiger partial charge in [-0.3, -0.25) is 9.10 Å². The zero-order valence-electron chi connectivity index (χ0n) is 21.3. The molecule has 0 radical (unpaired) electrons. The highest BCUT2D eigenvalue weighted by molar-refractivity contribution is 7.92. The second-order valence-electron chi connectivity index (χ2n) is 7.87. The first-order valence-corrected chi connectivity index (χ1v) is 13.2. The minimum atomic E-state index is -4.09. The normalized spacial score (nSPS) is 11.2. The quantitative estimate of drug-likeness (QED) is 0.281. The summed E-state index contributed by atoms with van der Waals surface area (Å²) >= 11 is 0. The molecule has 0 bridgehead atoms. The number of carbonyl (C=O) groups excluding carboxylic acids is 1. The molecule has 37 heavy (non-hydrogen) atoms. The maximum atomic E-state index is 13.6. The number of rotatable bonds is 12. The monoisotopic (exact) mass is 525 g/mol. The number of aryl methyl sites for hydroxylation is 1. The summed E-state index contributed by atoms with van der Waals surface area (Å²) in [6.07, 6.45) is 1.44. The summed E-state index contributed by atoms with van der Waals surface area (Å²) in [6.45, 7) is 6.03. The lowest BCUT2D eigenvalue weighted by Crippen LogP contribution is -2.39. The van der Waals surface area contributed by atoms with Gasteiger partial charge in [0.2, 0.25) is 0 Å². The van der Waals surface area contributed by atoms with E-state index >= 15 is 0 Å². The zero-order chi connectivity index (χ0) is 26.8. The maximum absolute atomic E-state index is 13.6. The Morgan fingerprint density at radius 1 is 0.946 bits per heavy atom. The zero-order valence-corrected chi connectivity index (χ0v) is 22.1. The molecule has 1 amide bonds. The van der Waals surface area contributed by atoms with Gasteiger partial charge in [0.1, 0.15) is 12.3 Å². The second kappa shape index (κ2) is 12.8. The van der Waals surface area contributed by atoms with Gasteiger partial charge in [0, 0.05) is 0 Å². The first kappa shape index (κ1) is 27.5. The third kappa shape index (κ3) is 7.01. The summed E-state index contributed by atoms with van der Waals surface area (Å²) in [7, 11) is -2.64. The summed E-state index contributed by atoms with van der Waals surface area (Å²) in [4.78, 5) is 12.9. The van der Waals surface area contributed by atoms with Crippen molar-refractivity contribution in [3.8, 4) is 17.2 Å². The molecule has 0 spiro atoms. The third-order valence-corrected chi connectivity index (χ3v) is 6.97. The van der Waals surface area contributed by atoms with Gasteiger partial charge in [-0.1, -0.05) is 24.3 Å². The summed E-state index contributed by atoms with van der Waals surface area (Å²) in [5, 5.41) is 4.01. The molecule has 3 aromatic rings. The van der Waals surface area contributed by atoms with E-state index in [0.717, 1.165) is 9.87 Å². The van der Waals surface area contributed by atoms with Crippen LogP contribution in [0.1, 0.15) is 25.0 Å². The molecule has 1 N–H and O–H groups in total. The van der Waals surface area contributed by atoms with Crippen LogP contribution in [0.15, 0.2) is 76.7 Å².